The first-order chi connectivity index (χ1) is 10.6. The minimum atomic E-state index is -0.428. The van der Waals surface area contributed by atoms with Gasteiger partial charge in [0.1, 0.15) is 0 Å². The maximum atomic E-state index is 12.6. The number of aryl methyl sites for hydroxylation is 1. The van der Waals surface area contributed by atoms with Crippen LogP contribution in [-0.4, -0.2) is 40.0 Å². The predicted octanol–water partition coefficient (Wildman–Crippen LogP) is 2.53. The topological polar surface area (TPSA) is 83.7 Å². The molecule has 1 aliphatic heterocycles. The second-order valence-electron chi connectivity index (χ2n) is 5.61. The zero-order valence-corrected chi connectivity index (χ0v) is 12.8. The molecule has 1 aliphatic rings. The molecule has 2 rings (SSSR count). The first-order valence-corrected chi connectivity index (χ1v) is 7.77. The summed E-state index contributed by atoms with van der Waals surface area (Å²) in [7, 11) is 0. The Morgan fingerprint density at radius 2 is 2.27 bits per heavy atom. The summed E-state index contributed by atoms with van der Waals surface area (Å²) < 4.78 is 0. The number of nitrogens with zero attached hydrogens (tertiary/aromatic N) is 2. The van der Waals surface area contributed by atoms with Gasteiger partial charge in [-0.2, -0.15) is 0 Å². The summed E-state index contributed by atoms with van der Waals surface area (Å²) in [5, 5.41) is 20.1. The quantitative estimate of drug-likeness (QED) is 0.646. The van der Waals surface area contributed by atoms with E-state index < -0.39 is 4.92 Å². The number of benzene rings is 1. The summed E-state index contributed by atoms with van der Waals surface area (Å²) in [6.07, 6.45) is 3.88. The molecule has 0 saturated carbocycles. The summed E-state index contributed by atoms with van der Waals surface area (Å²) in [5.41, 5.74) is 1.03. The van der Waals surface area contributed by atoms with Crippen LogP contribution >= 0.6 is 0 Å². The summed E-state index contributed by atoms with van der Waals surface area (Å²) in [4.78, 5) is 25.1. The van der Waals surface area contributed by atoms with Crippen LogP contribution in [0.3, 0.4) is 0 Å². The van der Waals surface area contributed by atoms with Gasteiger partial charge in [-0.25, -0.2) is 0 Å². The molecule has 0 radical (unpaired) electrons. The van der Waals surface area contributed by atoms with Crippen LogP contribution in [0.2, 0.25) is 0 Å². The molecule has 1 N–H and O–H groups in total. The van der Waals surface area contributed by atoms with Crippen LogP contribution < -0.4 is 0 Å². The third-order valence-electron chi connectivity index (χ3n) is 4.24. The van der Waals surface area contributed by atoms with Gasteiger partial charge >= 0.3 is 0 Å². The van der Waals surface area contributed by atoms with E-state index in [2.05, 4.69) is 0 Å². The smallest absolute Gasteiger partial charge is 0.273 e. The molecule has 0 aliphatic carbocycles. The van der Waals surface area contributed by atoms with Crippen molar-refractivity contribution in [1.82, 2.24) is 4.90 Å². The molecule has 120 valence electrons. The highest BCUT2D eigenvalue weighted by atomic mass is 16.6. The van der Waals surface area contributed by atoms with Crippen molar-refractivity contribution in [2.24, 2.45) is 0 Å². The van der Waals surface area contributed by atoms with Gasteiger partial charge in [-0.05, 0) is 38.2 Å². The normalized spacial score (nSPS) is 17.7. The Balaban J connectivity index is 2.21. The average Bonchev–Trinajstić information content (AvgIpc) is 2.99. The van der Waals surface area contributed by atoms with Gasteiger partial charge < -0.3 is 10.0 Å². The number of hydrogen-bond acceptors (Lipinski definition) is 4. The molecular weight excluding hydrogens is 284 g/mol. The summed E-state index contributed by atoms with van der Waals surface area (Å²) in [6, 6.07) is 4.87. The van der Waals surface area contributed by atoms with E-state index in [-0.39, 0.29) is 24.2 Å². The Morgan fingerprint density at radius 1 is 1.50 bits per heavy atom. The molecule has 1 atom stereocenters. The fourth-order valence-corrected chi connectivity index (χ4v) is 3.06. The van der Waals surface area contributed by atoms with E-state index in [1.807, 2.05) is 6.92 Å². The molecule has 0 aromatic heterocycles. The Kier molecular flexibility index (Phi) is 5.49. The first-order valence-electron chi connectivity index (χ1n) is 7.77. The number of carbonyl (C=O) groups is 1. The molecule has 6 nitrogen and oxygen atoms in total. The highest BCUT2D eigenvalue weighted by Gasteiger charge is 2.29. The molecule has 1 saturated heterocycles. The van der Waals surface area contributed by atoms with Crippen molar-refractivity contribution >= 4 is 11.6 Å². The van der Waals surface area contributed by atoms with Crippen LogP contribution in [0.5, 0.6) is 0 Å². The molecule has 6 heteroatoms. The second kappa shape index (κ2) is 7.35. The predicted molar refractivity (Wildman–Crippen MR) is 82.9 cm³/mol. The van der Waals surface area contributed by atoms with Crippen LogP contribution in [-0.2, 0) is 6.42 Å². The van der Waals surface area contributed by atoms with Crippen molar-refractivity contribution in [1.29, 1.82) is 0 Å². The van der Waals surface area contributed by atoms with Gasteiger partial charge in [-0.15, -0.1) is 0 Å². The van der Waals surface area contributed by atoms with E-state index in [1.165, 1.54) is 6.07 Å². The summed E-state index contributed by atoms with van der Waals surface area (Å²) in [5.74, 6) is -0.147. The van der Waals surface area contributed by atoms with E-state index in [0.717, 1.165) is 19.3 Å². The number of aliphatic hydroxyl groups is 1. The van der Waals surface area contributed by atoms with E-state index >= 15 is 0 Å². The van der Waals surface area contributed by atoms with Crippen LogP contribution in [0.25, 0.3) is 0 Å². The Labute approximate surface area is 129 Å². The van der Waals surface area contributed by atoms with Gasteiger partial charge in [-0.3, -0.25) is 14.9 Å². The molecule has 1 unspecified atom stereocenters. The number of likely N-dealkylation sites (tertiary alicyclic amines) is 1. The largest absolute Gasteiger partial charge is 0.396 e. The Hall–Kier alpha value is -1.95. The van der Waals surface area contributed by atoms with Gasteiger partial charge in [0.25, 0.3) is 11.6 Å². The summed E-state index contributed by atoms with van der Waals surface area (Å²) >= 11 is 0. The molecule has 1 aromatic rings. The number of carbonyl (C=O) groups excluding carboxylic acids is 1. The van der Waals surface area contributed by atoms with Crippen molar-refractivity contribution in [3.63, 3.8) is 0 Å². The lowest BCUT2D eigenvalue weighted by atomic mass is 10.0. The zero-order valence-electron chi connectivity index (χ0n) is 12.8. The molecule has 1 fully saturated rings. The van der Waals surface area contributed by atoms with Gasteiger partial charge in [0.2, 0.25) is 0 Å². The molecule has 1 aromatic carbocycles. The fraction of sp³-hybridized carbons (Fsp3) is 0.562. The zero-order chi connectivity index (χ0) is 16.1. The first kappa shape index (κ1) is 16.4. The lowest BCUT2D eigenvalue weighted by Gasteiger charge is -2.24. The molecular formula is C16H22N2O4. The van der Waals surface area contributed by atoms with Crippen LogP contribution in [0.1, 0.15) is 48.5 Å². The minimum Gasteiger partial charge on any atom is -0.396 e. The van der Waals surface area contributed by atoms with Crippen molar-refractivity contribution in [2.75, 3.05) is 13.2 Å². The van der Waals surface area contributed by atoms with Gasteiger partial charge in [0.15, 0.2) is 0 Å². The third-order valence-corrected chi connectivity index (χ3v) is 4.24. The number of nitro groups is 1. The van der Waals surface area contributed by atoms with E-state index in [9.17, 15) is 14.9 Å². The number of rotatable bonds is 6. The monoisotopic (exact) mass is 306 g/mol. The number of nitro benzene ring substituents is 1. The maximum Gasteiger partial charge on any atom is 0.273 e. The van der Waals surface area contributed by atoms with Crippen LogP contribution in [0.15, 0.2) is 18.2 Å². The van der Waals surface area contributed by atoms with Crippen molar-refractivity contribution in [2.45, 2.75) is 45.1 Å². The second-order valence-corrected chi connectivity index (χ2v) is 5.61. The minimum absolute atomic E-state index is 0.0134. The standard InChI is InChI=1S/C16H22N2O4/c1-2-12-7-8-13(11-15(12)18(21)22)16(20)17-9-3-5-14(17)6-4-10-19/h7-8,11,14,19H,2-6,9-10H2,1H3. The molecule has 0 spiro atoms. The summed E-state index contributed by atoms with van der Waals surface area (Å²) in [6.45, 7) is 2.66. The lowest BCUT2D eigenvalue weighted by molar-refractivity contribution is -0.385. The van der Waals surface area contributed by atoms with Crippen LogP contribution in [0, 0.1) is 10.1 Å². The van der Waals surface area contributed by atoms with E-state index in [1.54, 1.807) is 17.0 Å². The van der Waals surface area contributed by atoms with Crippen molar-refractivity contribution < 1.29 is 14.8 Å². The number of amides is 1. The van der Waals surface area contributed by atoms with Crippen LogP contribution in [0.4, 0.5) is 5.69 Å². The number of hydrogen-bond donors (Lipinski definition) is 1. The van der Waals surface area contributed by atoms with Crippen molar-refractivity contribution in [3.8, 4) is 0 Å². The maximum absolute atomic E-state index is 12.6. The third kappa shape index (κ3) is 3.44. The molecule has 0 bridgehead atoms. The highest BCUT2D eigenvalue weighted by molar-refractivity contribution is 5.95. The molecule has 1 amide bonds. The highest BCUT2D eigenvalue weighted by Crippen LogP contribution is 2.26. The van der Waals surface area contributed by atoms with Gasteiger partial charge in [0.05, 0.1) is 4.92 Å². The fourth-order valence-electron chi connectivity index (χ4n) is 3.06. The Morgan fingerprint density at radius 3 is 2.91 bits per heavy atom. The molecule has 22 heavy (non-hydrogen) atoms. The SMILES string of the molecule is CCc1ccc(C(=O)N2CCCC2CCCO)cc1[N+](=O)[O-]. The average molecular weight is 306 g/mol. The number of aliphatic hydroxyl groups excluding tert-OH is 1. The molecule has 1 heterocycles. The van der Waals surface area contributed by atoms with Gasteiger partial charge in [-0.1, -0.05) is 13.0 Å². The van der Waals surface area contributed by atoms with Crippen molar-refractivity contribution in [3.05, 3.63) is 39.4 Å². The van der Waals surface area contributed by atoms with E-state index in [4.69, 9.17) is 5.11 Å². The van der Waals surface area contributed by atoms with E-state index in [0.29, 0.717) is 30.5 Å². The lowest BCUT2D eigenvalue weighted by Crippen LogP contribution is -2.35. The Bertz CT molecular complexity index is 559. The van der Waals surface area contributed by atoms with Gasteiger partial charge in [0, 0.05) is 36.4 Å².